The van der Waals surface area contributed by atoms with Crippen LogP contribution in [0.15, 0.2) is 10.5 Å². The lowest BCUT2D eigenvalue weighted by Gasteiger charge is -2.26. The van der Waals surface area contributed by atoms with Gasteiger partial charge in [-0.2, -0.15) is 13.2 Å². The molecule has 0 fully saturated rings. The summed E-state index contributed by atoms with van der Waals surface area (Å²) < 4.78 is 44.8. The smallest absolute Gasteiger partial charge is 0.390 e. The number of hydrogen-bond acceptors (Lipinski definition) is 2. The second kappa shape index (κ2) is 7.49. The molecule has 1 atom stereocenters. The van der Waals surface area contributed by atoms with Crippen molar-refractivity contribution in [3.8, 4) is 5.75 Å². The summed E-state index contributed by atoms with van der Waals surface area (Å²) in [6, 6.07) is 1.05. The summed E-state index contributed by atoms with van der Waals surface area (Å²) in [5.74, 6) is 0.522. The van der Waals surface area contributed by atoms with E-state index in [1.54, 1.807) is 6.92 Å². The first-order valence-electron chi connectivity index (χ1n) is 6.85. The van der Waals surface area contributed by atoms with Gasteiger partial charge in [0.05, 0.1) is 13.5 Å². The zero-order chi connectivity index (χ0) is 16.2. The Morgan fingerprint density at radius 1 is 1.33 bits per heavy atom. The van der Waals surface area contributed by atoms with Crippen molar-refractivity contribution in [3.05, 3.63) is 27.2 Å². The average molecular weight is 368 g/mol. The van der Waals surface area contributed by atoms with E-state index in [2.05, 4.69) is 21.2 Å². The van der Waals surface area contributed by atoms with E-state index in [0.29, 0.717) is 17.9 Å². The molecule has 1 aromatic rings. The summed E-state index contributed by atoms with van der Waals surface area (Å²) in [6.07, 6.45) is -4.39. The number of halogens is 4. The number of benzene rings is 1. The summed E-state index contributed by atoms with van der Waals surface area (Å²) in [4.78, 5) is 0. The van der Waals surface area contributed by atoms with Crippen LogP contribution >= 0.6 is 15.9 Å². The third kappa shape index (κ3) is 4.88. The van der Waals surface area contributed by atoms with Crippen LogP contribution in [0.5, 0.6) is 5.75 Å². The highest BCUT2D eigenvalue weighted by Gasteiger charge is 2.34. The van der Waals surface area contributed by atoms with E-state index in [1.807, 2.05) is 19.9 Å². The number of hydrogen-bond donors (Lipinski definition) is 1. The molecule has 6 heteroatoms. The van der Waals surface area contributed by atoms with Gasteiger partial charge in [-0.15, -0.1) is 0 Å². The number of ether oxygens (including phenoxy) is 1. The van der Waals surface area contributed by atoms with Gasteiger partial charge in [0, 0.05) is 16.1 Å². The molecule has 0 spiro atoms. The molecule has 0 saturated carbocycles. The maximum Gasteiger partial charge on any atom is 0.390 e. The van der Waals surface area contributed by atoms with Crippen molar-refractivity contribution in [3.63, 3.8) is 0 Å². The molecule has 0 amide bonds. The molecular weight excluding hydrogens is 347 g/mol. The maximum atomic E-state index is 12.9. The zero-order valence-electron chi connectivity index (χ0n) is 12.7. The van der Waals surface area contributed by atoms with Crippen molar-refractivity contribution < 1.29 is 17.9 Å². The number of nitrogens with one attached hydrogen (secondary N) is 1. The number of alkyl halides is 3. The normalized spacial score (nSPS) is 13.3. The zero-order valence-corrected chi connectivity index (χ0v) is 14.3. The summed E-state index contributed by atoms with van der Waals surface area (Å²) in [6.45, 7) is 6.08. The molecule has 0 aliphatic heterocycles. The van der Waals surface area contributed by atoms with Crippen LogP contribution in [0, 0.1) is 13.8 Å². The van der Waals surface area contributed by atoms with Gasteiger partial charge in [0.2, 0.25) is 0 Å². The van der Waals surface area contributed by atoms with Crippen molar-refractivity contribution >= 4 is 15.9 Å². The molecule has 0 radical (unpaired) electrons. The number of methoxy groups -OCH3 is 1. The van der Waals surface area contributed by atoms with Gasteiger partial charge in [-0.25, -0.2) is 0 Å². The first-order chi connectivity index (χ1) is 9.71. The third-order valence-corrected chi connectivity index (χ3v) is 4.16. The molecular formula is C15H21BrF3NO. The van der Waals surface area contributed by atoms with Gasteiger partial charge in [0.1, 0.15) is 5.75 Å². The van der Waals surface area contributed by atoms with Crippen LogP contribution in [0.1, 0.15) is 42.5 Å². The monoisotopic (exact) mass is 367 g/mol. The summed E-state index contributed by atoms with van der Waals surface area (Å²) in [7, 11) is 1.49. The Bertz CT molecular complexity index is 489. The Hall–Kier alpha value is -0.750. The Morgan fingerprint density at radius 2 is 1.95 bits per heavy atom. The molecule has 0 aromatic heterocycles. The van der Waals surface area contributed by atoms with E-state index in [1.165, 1.54) is 7.11 Å². The largest absolute Gasteiger partial charge is 0.496 e. The first kappa shape index (κ1) is 18.3. The van der Waals surface area contributed by atoms with Crippen molar-refractivity contribution in [2.75, 3.05) is 13.7 Å². The molecule has 21 heavy (non-hydrogen) atoms. The minimum atomic E-state index is -4.24. The van der Waals surface area contributed by atoms with E-state index in [0.717, 1.165) is 22.0 Å². The molecule has 0 bridgehead atoms. The van der Waals surface area contributed by atoms with Crippen LogP contribution in [-0.2, 0) is 0 Å². The lowest BCUT2D eigenvalue weighted by Crippen LogP contribution is -2.28. The number of aryl methyl sites for hydroxylation is 1. The van der Waals surface area contributed by atoms with Gasteiger partial charge in [0.25, 0.3) is 0 Å². The van der Waals surface area contributed by atoms with Crippen LogP contribution in [0.3, 0.4) is 0 Å². The highest BCUT2D eigenvalue weighted by atomic mass is 79.9. The average Bonchev–Trinajstić information content (AvgIpc) is 2.37. The van der Waals surface area contributed by atoms with Crippen LogP contribution in [0.4, 0.5) is 13.2 Å². The Kier molecular flexibility index (Phi) is 6.53. The Morgan fingerprint density at radius 3 is 2.43 bits per heavy atom. The highest BCUT2D eigenvalue weighted by molar-refractivity contribution is 9.10. The van der Waals surface area contributed by atoms with Crippen molar-refractivity contribution in [1.29, 1.82) is 0 Å². The SMILES string of the molecule is CCCNC(CC(F)(F)F)c1c(C)c(Br)cc(C)c1OC. The van der Waals surface area contributed by atoms with Gasteiger partial charge in [-0.3, -0.25) is 0 Å². The second-order valence-corrected chi connectivity index (χ2v) is 5.93. The quantitative estimate of drug-likeness (QED) is 0.757. The maximum absolute atomic E-state index is 12.9. The standard InChI is InChI=1S/C15H21BrF3NO/c1-5-6-20-12(8-15(17,18)19)13-10(3)11(16)7-9(2)14(13)21-4/h7,12,20H,5-6,8H2,1-4H3. The molecule has 120 valence electrons. The highest BCUT2D eigenvalue weighted by Crippen LogP contribution is 2.40. The fourth-order valence-electron chi connectivity index (χ4n) is 2.39. The molecule has 0 aliphatic carbocycles. The predicted molar refractivity (Wildman–Crippen MR) is 81.9 cm³/mol. The predicted octanol–water partition coefficient (Wildman–Crippen LogP) is 5.07. The van der Waals surface area contributed by atoms with Crippen LogP contribution in [0.25, 0.3) is 0 Å². The van der Waals surface area contributed by atoms with Crippen LogP contribution in [-0.4, -0.2) is 19.8 Å². The van der Waals surface area contributed by atoms with Gasteiger partial charge in [-0.05, 0) is 44.0 Å². The van der Waals surface area contributed by atoms with Crippen LogP contribution < -0.4 is 10.1 Å². The molecule has 2 nitrogen and oxygen atoms in total. The molecule has 0 aliphatic rings. The van der Waals surface area contributed by atoms with Crippen molar-refractivity contribution in [2.45, 2.75) is 45.8 Å². The van der Waals surface area contributed by atoms with Gasteiger partial charge < -0.3 is 10.1 Å². The fraction of sp³-hybridized carbons (Fsp3) is 0.600. The lowest BCUT2D eigenvalue weighted by atomic mass is 9.94. The van der Waals surface area contributed by atoms with E-state index in [9.17, 15) is 13.2 Å². The molecule has 1 rings (SSSR count). The third-order valence-electron chi connectivity index (χ3n) is 3.34. The summed E-state index contributed by atoms with van der Waals surface area (Å²) >= 11 is 3.41. The molecule has 1 aromatic carbocycles. The van der Waals surface area contributed by atoms with E-state index < -0.39 is 18.6 Å². The summed E-state index contributed by atoms with van der Waals surface area (Å²) in [5, 5.41) is 2.99. The summed E-state index contributed by atoms with van der Waals surface area (Å²) in [5.41, 5.74) is 2.17. The molecule has 1 unspecified atom stereocenters. The van der Waals surface area contributed by atoms with Gasteiger partial charge in [0.15, 0.2) is 0 Å². The fourth-order valence-corrected chi connectivity index (χ4v) is 2.95. The first-order valence-corrected chi connectivity index (χ1v) is 7.64. The van der Waals surface area contributed by atoms with Crippen molar-refractivity contribution in [1.82, 2.24) is 5.32 Å². The molecule has 1 N–H and O–H groups in total. The van der Waals surface area contributed by atoms with E-state index >= 15 is 0 Å². The topological polar surface area (TPSA) is 21.3 Å². The van der Waals surface area contributed by atoms with Crippen molar-refractivity contribution in [2.24, 2.45) is 0 Å². The minimum absolute atomic E-state index is 0.522. The van der Waals surface area contributed by atoms with E-state index in [4.69, 9.17) is 4.74 Å². The molecule has 0 saturated heterocycles. The second-order valence-electron chi connectivity index (χ2n) is 5.07. The van der Waals surface area contributed by atoms with Crippen LogP contribution in [0.2, 0.25) is 0 Å². The molecule has 0 heterocycles. The number of rotatable bonds is 6. The van der Waals surface area contributed by atoms with Gasteiger partial charge >= 0.3 is 6.18 Å². The minimum Gasteiger partial charge on any atom is -0.496 e. The Labute approximate surface area is 132 Å². The van der Waals surface area contributed by atoms with E-state index in [-0.39, 0.29) is 0 Å². The van der Waals surface area contributed by atoms with Gasteiger partial charge in [-0.1, -0.05) is 22.9 Å². The Balaban J connectivity index is 3.34. The lowest BCUT2D eigenvalue weighted by molar-refractivity contribution is -0.140.